The number of nitrogens with two attached hydrogens (primary N) is 1. The van der Waals surface area contributed by atoms with Gasteiger partial charge in [0, 0.05) is 23.9 Å². The molecule has 0 fully saturated rings. The van der Waals surface area contributed by atoms with Gasteiger partial charge >= 0.3 is 0 Å². The lowest BCUT2D eigenvalue weighted by molar-refractivity contribution is 0.281. The zero-order valence-electron chi connectivity index (χ0n) is 13.8. The smallest absolute Gasteiger partial charge is 0.154 e. The van der Waals surface area contributed by atoms with Crippen LogP contribution in [0.25, 0.3) is 0 Å². The van der Waals surface area contributed by atoms with Crippen LogP contribution in [-0.4, -0.2) is 21.0 Å². The predicted octanol–water partition coefficient (Wildman–Crippen LogP) is 3.62. The number of aliphatic imine (C=N–C) groups is 1. The number of benzene rings is 1. The van der Waals surface area contributed by atoms with Gasteiger partial charge in [-0.05, 0) is 36.6 Å². The second-order valence-electron chi connectivity index (χ2n) is 6.24. The van der Waals surface area contributed by atoms with Crippen molar-refractivity contribution < 1.29 is 9.50 Å². The molecule has 0 aliphatic carbocycles. The lowest BCUT2D eigenvalue weighted by Crippen LogP contribution is -2.29. The minimum absolute atomic E-state index is 0.108. The van der Waals surface area contributed by atoms with Crippen LogP contribution in [0.3, 0.4) is 0 Å². The highest BCUT2D eigenvalue weighted by molar-refractivity contribution is 8.13. The van der Waals surface area contributed by atoms with E-state index in [4.69, 9.17) is 22.4 Å². The fourth-order valence-corrected chi connectivity index (χ4v) is 4.12. The minimum atomic E-state index is -0.659. The molecule has 0 saturated carbocycles. The Morgan fingerprint density at radius 2 is 2.16 bits per heavy atom. The summed E-state index contributed by atoms with van der Waals surface area (Å²) in [6, 6.07) is 6.70. The molecule has 7 heteroatoms. The van der Waals surface area contributed by atoms with E-state index < -0.39 is 5.54 Å². The van der Waals surface area contributed by atoms with Gasteiger partial charge in [0.2, 0.25) is 0 Å². The number of thioether (sulfide) groups is 1. The molecule has 1 aliphatic rings. The van der Waals surface area contributed by atoms with Crippen molar-refractivity contribution in [3.8, 4) is 0 Å². The molecule has 0 spiro atoms. The van der Waals surface area contributed by atoms with E-state index in [2.05, 4.69) is 9.98 Å². The minimum Gasteiger partial charge on any atom is -0.392 e. The SMILES string of the molecule is C[C@@]1(c2cc(Cc3ncc(CO)cc3Cl)ccc2F)CCSC(N)=N1. The number of hydrogen-bond acceptors (Lipinski definition) is 5. The van der Waals surface area contributed by atoms with Crippen molar-refractivity contribution in [1.29, 1.82) is 0 Å². The topological polar surface area (TPSA) is 71.5 Å². The summed E-state index contributed by atoms with van der Waals surface area (Å²) in [6.07, 6.45) is 2.79. The molecule has 3 rings (SSSR count). The maximum atomic E-state index is 14.5. The Hall–Kier alpha value is -1.63. The van der Waals surface area contributed by atoms with Gasteiger partial charge in [0.1, 0.15) is 5.82 Å². The van der Waals surface area contributed by atoms with Crippen molar-refractivity contribution in [3.63, 3.8) is 0 Å². The van der Waals surface area contributed by atoms with Crippen molar-refractivity contribution in [3.05, 3.63) is 63.7 Å². The first-order valence-electron chi connectivity index (χ1n) is 7.92. The molecule has 4 nitrogen and oxygen atoms in total. The third kappa shape index (κ3) is 3.97. The molecular weight excluding hydrogens is 361 g/mol. The summed E-state index contributed by atoms with van der Waals surface area (Å²) in [5.74, 6) is 0.523. The van der Waals surface area contributed by atoms with Gasteiger partial charge in [-0.1, -0.05) is 35.5 Å². The van der Waals surface area contributed by atoms with Crippen LogP contribution in [0, 0.1) is 5.82 Å². The number of aliphatic hydroxyl groups excluding tert-OH is 1. The molecule has 0 saturated heterocycles. The molecule has 25 heavy (non-hydrogen) atoms. The molecule has 0 amide bonds. The molecule has 2 heterocycles. The normalized spacial score (nSPS) is 20.4. The van der Waals surface area contributed by atoms with Crippen LogP contribution in [-0.2, 0) is 18.6 Å². The third-order valence-corrected chi connectivity index (χ3v) is 5.46. The van der Waals surface area contributed by atoms with Crippen molar-refractivity contribution in [1.82, 2.24) is 4.98 Å². The van der Waals surface area contributed by atoms with Crippen molar-refractivity contribution in [2.75, 3.05) is 5.75 Å². The molecule has 1 aliphatic heterocycles. The largest absolute Gasteiger partial charge is 0.392 e. The number of amidine groups is 1. The Bertz CT molecular complexity index is 830. The number of nitrogens with zero attached hydrogens (tertiary/aromatic N) is 2. The first-order chi connectivity index (χ1) is 11.9. The van der Waals surface area contributed by atoms with Crippen LogP contribution in [0.5, 0.6) is 0 Å². The summed E-state index contributed by atoms with van der Waals surface area (Å²) in [5, 5.41) is 10.1. The summed E-state index contributed by atoms with van der Waals surface area (Å²) >= 11 is 7.73. The van der Waals surface area contributed by atoms with Crippen molar-refractivity contribution in [2.45, 2.75) is 31.9 Å². The van der Waals surface area contributed by atoms with Gasteiger partial charge < -0.3 is 10.8 Å². The fraction of sp³-hybridized carbons (Fsp3) is 0.333. The molecule has 0 bridgehead atoms. The van der Waals surface area contributed by atoms with E-state index in [0.29, 0.717) is 33.4 Å². The third-order valence-electron chi connectivity index (χ3n) is 4.33. The maximum Gasteiger partial charge on any atom is 0.154 e. The van der Waals surface area contributed by atoms with Gasteiger partial charge in [0.05, 0.1) is 22.9 Å². The number of rotatable bonds is 4. The fourth-order valence-electron chi connectivity index (χ4n) is 2.89. The van der Waals surface area contributed by atoms with E-state index in [0.717, 1.165) is 17.7 Å². The molecule has 3 N–H and O–H groups in total. The molecular formula is C18H19ClFN3OS. The lowest BCUT2D eigenvalue weighted by Gasteiger charge is -2.30. The molecule has 1 atom stereocenters. The quantitative estimate of drug-likeness (QED) is 0.851. The highest BCUT2D eigenvalue weighted by Gasteiger charge is 2.32. The highest BCUT2D eigenvalue weighted by atomic mass is 35.5. The van der Waals surface area contributed by atoms with Crippen LogP contribution < -0.4 is 5.73 Å². The number of aliphatic hydroxyl groups is 1. The summed E-state index contributed by atoms with van der Waals surface area (Å²) in [4.78, 5) is 8.78. The average Bonchev–Trinajstić information content (AvgIpc) is 2.58. The molecule has 1 aromatic carbocycles. The first kappa shape index (κ1) is 18.2. The van der Waals surface area contributed by atoms with E-state index in [9.17, 15) is 4.39 Å². The van der Waals surface area contributed by atoms with E-state index >= 15 is 0 Å². The first-order valence-corrected chi connectivity index (χ1v) is 9.29. The Morgan fingerprint density at radius 3 is 2.84 bits per heavy atom. The average molecular weight is 380 g/mol. The summed E-state index contributed by atoms with van der Waals surface area (Å²) < 4.78 is 14.5. The summed E-state index contributed by atoms with van der Waals surface area (Å²) in [6.45, 7) is 1.80. The Labute approximate surface area is 155 Å². The standard InChI is InChI=1S/C18H19ClFN3OS/c1-18(4-5-25-17(21)23-18)13-6-11(2-3-15(13)20)8-16-14(19)7-12(10-24)9-22-16/h2-3,6-7,9,24H,4-5,8,10H2,1H3,(H2,21,23)/t18-/m0/s1. The predicted molar refractivity (Wildman–Crippen MR) is 100 cm³/mol. The zero-order chi connectivity index (χ0) is 18.0. The Balaban J connectivity index is 1.93. The van der Waals surface area contributed by atoms with Gasteiger partial charge in [-0.3, -0.25) is 9.98 Å². The van der Waals surface area contributed by atoms with Crippen LogP contribution in [0.4, 0.5) is 4.39 Å². The van der Waals surface area contributed by atoms with Gasteiger partial charge in [-0.15, -0.1) is 0 Å². The second-order valence-corrected chi connectivity index (χ2v) is 7.77. The summed E-state index contributed by atoms with van der Waals surface area (Å²) in [7, 11) is 0. The van der Waals surface area contributed by atoms with Crippen LogP contribution in [0.15, 0.2) is 35.5 Å². The number of pyridine rings is 1. The van der Waals surface area contributed by atoms with E-state index in [1.165, 1.54) is 17.8 Å². The van der Waals surface area contributed by atoms with Crippen molar-refractivity contribution >= 4 is 28.5 Å². The molecule has 2 aromatic rings. The maximum absolute atomic E-state index is 14.5. The van der Waals surface area contributed by atoms with Gasteiger partial charge in [0.25, 0.3) is 0 Å². The van der Waals surface area contributed by atoms with Crippen LogP contribution >= 0.6 is 23.4 Å². The lowest BCUT2D eigenvalue weighted by atomic mass is 9.87. The zero-order valence-corrected chi connectivity index (χ0v) is 15.4. The van der Waals surface area contributed by atoms with Gasteiger partial charge in [0.15, 0.2) is 5.17 Å². The number of halogens is 2. The van der Waals surface area contributed by atoms with E-state index in [-0.39, 0.29) is 12.4 Å². The Kier molecular flexibility index (Phi) is 5.32. The number of hydrogen-bond donors (Lipinski definition) is 2. The molecule has 132 valence electrons. The number of aromatic nitrogens is 1. The second kappa shape index (κ2) is 7.32. The van der Waals surface area contributed by atoms with Crippen LogP contribution in [0.1, 0.15) is 35.7 Å². The molecule has 0 radical (unpaired) electrons. The van der Waals surface area contributed by atoms with E-state index in [1.54, 1.807) is 18.3 Å². The van der Waals surface area contributed by atoms with Gasteiger partial charge in [-0.25, -0.2) is 4.39 Å². The monoisotopic (exact) mass is 379 g/mol. The summed E-state index contributed by atoms with van der Waals surface area (Å²) in [5.41, 5.74) is 7.97. The molecule has 1 aromatic heterocycles. The van der Waals surface area contributed by atoms with Crippen LogP contribution in [0.2, 0.25) is 5.02 Å². The van der Waals surface area contributed by atoms with Crippen molar-refractivity contribution in [2.24, 2.45) is 10.7 Å². The van der Waals surface area contributed by atoms with Gasteiger partial charge in [-0.2, -0.15) is 0 Å². The highest BCUT2D eigenvalue weighted by Crippen LogP contribution is 2.37. The molecule has 0 unspecified atom stereocenters. The Morgan fingerprint density at radius 1 is 1.36 bits per heavy atom. The van der Waals surface area contributed by atoms with E-state index in [1.807, 2.05) is 13.0 Å².